The first kappa shape index (κ1) is 23.0. The van der Waals surface area contributed by atoms with Crippen molar-refractivity contribution in [1.29, 1.82) is 0 Å². The second-order valence-electron chi connectivity index (χ2n) is 8.83. The summed E-state index contributed by atoms with van der Waals surface area (Å²) < 4.78 is 8.69. The molecule has 0 aliphatic heterocycles. The fraction of sp³-hybridized carbons (Fsp3) is 0.222. The van der Waals surface area contributed by atoms with E-state index in [1.807, 2.05) is 80.6 Å². The molecule has 174 valence electrons. The summed E-state index contributed by atoms with van der Waals surface area (Å²) in [5.74, 6) is -0.503. The number of aliphatic carboxylic acids is 1. The van der Waals surface area contributed by atoms with Gasteiger partial charge < -0.3 is 9.84 Å². The molecule has 34 heavy (non-hydrogen) atoms. The number of aryl methyl sites for hydroxylation is 2. The Kier molecular flexibility index (Phi) is 6.11. The van der Waals surface area contributed by atoms with Gasteiger partial charge in [-0.3, -0.25) is 0 Å². The van der Waals surface area contributed by atoms with E-state index in [1.54, 1.807) is 0 Å². The molecule has 0 saturated heterocycles. The van der Waals surface area contributed by atoms with Crippen LogP contribution < -0.4 is 10.4 Å². The van der Waals surface area contributed by atoms with E-state index < -0.39 is 11.6 Å². The first-order valence-corrected chi connectivity index (χ1v) is 11.0. The van der Waals surface area contributed by atoms with Gasteiger partial charge in [0.15, 0.2) is 5.60 Å². The number of hydrogen-bond donors (Lipinski definition) is 1. The first-order valence-electron chi connectivity index (χ1n) is 11.0. The lowest BCUT2D eigenvalue weighted by Gasteiger charge is -2.24. The van der Waals surface area contributed by atoms with Crippen LogP contribution in [0.4, 0.5) is 0 Å². The Balaban J connectivity index is 1.56. The molecule has 0 fully saturated rings. The Morgan fingerprint density at radius 3 is 2.15 bits per heavy atom. The highest BCUT2D eigenvalue weighted by Gasteiger charge is 2.30. The minimum absolute atomic E-state index is 0.241. The summed E-state index contributed by atoms with van der Waals surface area (Å²) in [6.07, 6.45) is 1.52. The molecule has 0 aliphatic carbocycles. The molecule has 3 aromatic carbocycles. The van der Waals surface area contributed by atoms with E-state index in [9.17, 15) is 14.7 Å². The lowest BCUT2D eigenvalue weighted by molar-refractivity contribution is -0.152. The highest BCUT2D eigenvalue weighted by molar-refractivity contribution is 5.77. The number of carboxylic acid groups (broad SMARTS) is 1. The largest absolute Gasteiger partial charge is 0.478 e. The van der Waals surface area contributed by atoms with Crippen molar-refractivity contribution < 1.29 is 14.6 Å². The van der Waals surface area contributed by atoms with Gasteiger partial charge in [0, 0.05) is 0 Å². The van der Waals surface area contributed by atoms with Crippen LogP contribution in [0.25, 0.3) is 16.8 Å². The maximum absolute atomic E-state index is 13.0. The predicted molar refractivity (Wildman–Crippen MR) is 131 cm³/mol. The molecule has 0 atom stereocenters. The van der Waals surface area contributed by atoms with E-state index in [4.69, 9.17) is 4.74 Å². The van der Waals surface area contributed by atoms with E-state index in [0.29, 0.717) is 5.75 Å². The number of benzene rings is 3. The summed E-state index contributed by atoms with van der Waals surface area (Å²) >= 11 is 0. The van der Waals surface area contributed by atoms with Gasteiger partial charge in [-0.25, -0.2) is 18.8 Å². The van der Waals surface area contributed by atoms with E-state index in [-0.39, 0.29) is 12.2 Å². The van der Waals surface area contributed by atoms with Crippen LogP contribution in [0.15, 0.2) is 77.9 Å². The molecule has 0 aliphatic rings. The Morgan fingerprint density at radius 1 is 0.971 bits per heavy atom. The molecule has 1 heterocycles. The van der Waals surface area contributed by atoms with E-state index in [2.05, 4.69) is 5.10 Å². The Hall–Kier alpha value is -4.13. The average molecular weight is 458 g/mol. The van der Waals surface area contributed by atoms with Crippen LogP contribution in [0.5, 0.6) is 5.75 Å². The SMILES string of the molecule is Cc1cc(Cn2ncn(-c3ccc(-c4ccccc4)cc3)c2=O)cc(C)c1OC(C)(C)C(=O)O. The van der Waals surface area contributed by atoms with Crippen LogP contribution >= 0.6 is 0 Å². The summed E-state index contributed by atoms with van der Waals surface area (Å²) in [4.78, 5) is 24.4. The van der Waals surface area contributed by atoms with Gasteiger partial charge in [0.1, 0.15) is 12.1 Å². The van der Waals surface area contributed by atoms with Crippen LogP contribution in [0.2, 0.25) is 0 Å². The van der Waals surface area contributed by atoms with E-state index in [0.717, 1.165) is 33.5 Å². The smallest absolute Gasteiger partial charge is 0.350 e. The highest BCUT2D eigenvalue weighted by atomic mass is 16.5. The monoisotopic (exact) mass is 457 g/mol. The van der Waals surface area contributed by atoms with Gasteiger partial charge in [-0.1, -0.05) is 54.6 Å². The number of carbonyl (C=O) groups is 1. The van der Waals surface area contributed by atoms with Crippen LogP contribution in [0.1, 0.15) is 30.5 Å². The maximum atomic E-state index is 13.0. The van der Waals surface area contributed by atoms with Crippen LogP contribution in [0.3, 0.4) is 0 Å². The predicted octanol–water partition coefficient (Wildman–Crippen LogP) is 4.61. The molecule has 0 radical (unpaired) electrons. The molecule has 0 saturated carbocycles. The number of rotatable bonds is 7. The number of hydrogen-bond acceptors (Lipinski definition) is 4. The zero-order valence-corrected chi connectivity index (χ0v) is 19.6. The highest BCUT2D eigenvalue weighted by Crippen LogP contribution is 2.29. The minimum atomic E-state index is -1.34. The molecule has 4 aromatic rings. The maximum Gasteiger partial charge on any atom is 0.350 e. The first-order chi connectivity index (χ1) is 16.2. The van der Waals surface area contributed by atoms with Gasteiger partial charge in [-0.2, -0.15) is 5.10 Å². The fourth-order valence-electron chi connectivity index (χ4n) is 3.83. The quantitative estimate of drug-likeness (QED) is 0.438. The minimum Gasteiger partial charge on any atom is -0.478 e. The molecule has 1 N–H and O–H groups in total. The van der Waals surface area contributed by atoms with E-state index >= 15 is 0 Å². The average Bonchev–Trinajstić information content (AvgIpc) is 3.17. The van der Waals surface area contributed by atoms with Crippen molar-refractivity contribution in [1.82, 2.24) is 14.3 Å². The normalized spacial score (nSPS) is 11.4. The summed E-state index contributed by atoms with van der Waals surface area (Å²) in [5.41, 5.74) is 3.82. The molecule has 0 spiro atoms. The van der Waals surface area contributed by atoms with Crippen LogP contribution in [-0.2, 0) is 11.3 Å². The molecule has 7 heteroatoms. The Labute approximate surface area is 197 Å². The third-order valence-corrected chi connectivity index (χ3v) is 5.71. The van der Waals surface area contributed by atoms with Gasteiger partial charge in [-0.05, 0) is 67.6 Å². The molecule has 0 amide bonds. The lowest BCUT2D eigenvalue weighted by atomic mass is 10.0. The second kappa shape index (κ2) is 9.02. The topological polar surface area (TPSA) is 86.4 Å². The van der Waals surface area contributed by atoms with Crippen molar-refractivity contribution in [2.75, 3.05) is 0 Å². The van der Waals surface area contributed by atoms with Crippen molar-refractivity contribution in [2.45, 2.75) is 39.8 Å². The summed E-state index contributed by atoms with van der Waals surface area (Å²) in [7, 11) is 0. The third-order valence-electron chi connectivity index (χ3n) is 5.71. The molecule has 0 unspecified atom stereocenters. The van der Waals surface area contributed by atoms with Crippen LogP contribution in [0, 0.1) is 13.8 Å². The number of ether oxygens (including phenoxy) is 1. The Bertz CT molecular complexity index is 1360. The lowest BCUT2D eigenvalue weighted by Crippen LogP contribution is -2.38. The third kappa shape index (κ3) is 4.64. The fourth-order valence-corrected chi connectivity index (χ4v) is 3.83. The molecule has 1 aromatic heterocycles. The molecular formula is C27H27N3O4. The van der Waals surface area contributed by atoms with E-state index in [1.165, 1.54) is 29.4 Å². The standard InChI is InChI=1S/C27H27N3O4/c1-18-14-20(15-19(2)24(18)34-27(3,4)25(31)32)16-30-26(33)29(17-28-30)23-12-10-22(11-13-23)21-8-6-5-7-9-21/h5-15,17H,16H2,1-4H3,(H,31,32). The van der Waals surface area contributed by atoms with Gasteiger partial charge in [-0.15, -0.1) is 0 Å². The van der Waals surface area contributed by atoms with Crippen molar-refractivity contribution in [2.24, 2.45) is 0 Å². The van der Waals surface area contributed by atoms with Crippen molar-refractivity contribution >= 4 is 5.97 Å². The number of carboxylic acids is 1. The number of aromatic nitrogens is 3. The number of nitrogens with zero attached hydrogens (tertiary/aromatic N) is 3. The summed E-state index contributed by atoms with van der Waals surface area (Å²) in [6, 6.07) is 21.6. The van der Waals surface area contributed by atoms with Crippen molar-refractivity contribution in [3.63, 3.8) is 0 Å². The van der Waals surface area contributed by atoms with Crippen molar-refractivity contribution in [3.8, 4) is 22.6 Å². The van der Waals surface area contributed by atoms with Crippen LogP contribution in [-0.4, -0.2) is 31.0 Å². The van der Waals surface area contributed by atoms with Gasteiger partial charge in [0.25, 0.3) is 0 Å². The van der Waals surface area contributed by atoms with Gasteiger partial charge in [0.2, 0.25) is 0 Å². The Morgan fingerprint density at radius 2 is 1.56 bits per heavy atom. The molecule has 4 rings (SSSR count). The molecular weight excluding hydrogens is 430 g/mol. The van der Waals surface area contributed by atoms with Gasteiger partial charge in [0.05, 0.1) is 12.2 Å². The zero-order valence-electron chi connectivity index (χ0n) is 19.6. The zero-order chi connectivity index (χ0) is 24.5. The summed E-state index contributed by atoms with van der Waals surface area (Å²) in [6.45, 7) is 7.04. The summed E-state index contributed by atoms with van der Waals surface area (Å²) in [5, 5.41) is 13.7. The molecule has 7 nitrogen and oxygen atoms in total. The second-order valence-corrected chi connectivity index (χ2v) is 8.83. The van der Waals surface area contributed by atoms with Gasteiger partial charge >= 0.3 is 11.7 Å². The molecule has 0 bridgehead atoms. The van der Waals surface area contributed by atoms with Crippen molar-refractivity contribution in [3.05, 3.63) is 100 Å².